The molecule has 2 aromatic carbocycles. The van der Waals surface area contributed by atoms with Gasteiger partial charge in [0.15, 0.2) is 0 Å². The Morgan fingerprint density at radius 3 is 1.67 bits per heavy atom. The number of rotatable bonds is 11. The monoisotopic (exact) mass is 494 g/mol. The van der Waals surface area contributed by atoms with Gasteiger partial charge in [0.1, 0.15) is 6.61 Å². The molecule has 0 bridgehead atoms. The Morgan fingerprint density at radius 2 is 1.27 bits per heavy atom. The van der Waals surface area contributed by atoms with E-state index < -0.39 is 26.0 Å². The van der Waals surface area contributed by atoms with Crippen LogP contribution < -0.4 is 9.44 Å². The van der Waals surface area contributed by atoms with Gasteiger partial charge in [-0.1, -0.05) is 32.9 Å². The first-order valence-corrected chi connectivity index (χ1v) is 14.0. The topological polar surface area (TPSA) is 119 Å². The van der Waals surface area contributed by atoms with Crippen LogP contribution in [0.1, 0.15) is 57.1 Å². The molecule has 0 heterocycles. The molecule has 0 aromatic heterocycles. The van der Waals surface area contributed by atoms with Crippen LogP contribution in [0.3, 0.4) is 0 Å². The molecule has 0 fully saturated rings. The lowest BCUT2D eigenvalue weighted by Gasteiger charge is -2.16. The SMILES string of the molecule is CCCNS(=O)(=O)c1ccc2c(c1)C(COC(=O)CC)c1cc(S(=O)(=O)NCCC)ccc1-2. The summed E-state index contributed by atoms with van der Waals surface area (Å²) in [6.45, 7) is 6.08. The third-order valence-electron chi connectivity index (χ3n) is 5.49. The van der Waals surface area contributed by atoms with Crippen molar-refractivity contribution in [3.05, 3.63) is 47.5 Å². The highest BCUT2D eigenvalue weighted by Crippen LogP contribution is 2.46. The van der Waals surface area contributed by atoms with Crippen molar-refractivity contribution >= 4 is 26.0 Å². The summed E-state index contributed by atoms with van der Waals surface area (Å²) in [5.74, 6) is -0.861. The van der Waals surface area contributed by atoms with Gasteiger partial charge in [-0.3, -0.25) is 4.79 Å². The summed E-state index contributed by atoms with van der Waals surface area (Å²) < 4.78 is 61.3. The maximum atomic E-state index is 12.7. The summed E-state index contributed by atoms with van der Waals surface area (Å²) in [5, 5.41) is 0. The Labute approximate surface area is 195 Å². The molecule has 0 spiro atoms. The van der Waals surface area contributed by atoms with E-state index in [0.29, 0.717) is 37.1 Å². The van der Waals surface area contributed by atoms with E-state index in [4.69, 9.17) is 4.74 Å². The van der Waals surface area contributed by atoms with Crippen molar-refractivity contribution in [2.45, 2.75) is 55.7 Å². The molecule has 2 N–H and O–H groups in total. The standard InChI is InChI=1S/C23H30N2O6S2/c1-4-11-24-32(27,28)16-7-9-18-19-10-8-17(33(29,30)25-12-5-2)14-21(19)22(20(18)13-16)15-31-23(26)6-3/h7-10,13-14,22,24-25H,4-6,11-12,15H2,1-3H3. The van der Waals surface area contributed by atoms with Crippen molar-refractivity contribution < 1.29 is 26.4 Å². The average molecular weight is 495 g/mol. The predicted octanol–water partition coefficient (Wildman–Crippen LogP) is 3.13. The van der Waals surface area contributed by atoms with Crippen LogP contribution in [0.15, 0.2) is 46.2 Å². The van der Waals surface area contributed by atoms with E-state index in [-0.39, 0.29) is 28.8 Å². The van der Waals surface area contributed by atoms with Crippen LogP contribution in [0, 0.1) is 0 Å². The number of nitrogens with one attached hydrogen (secondary N) is 2. The highest BCUT2D eigenvalue weighted by molar-refractivity contribution is 7.89. The maximum absolute atomic E-state index is 12.7. The van der Waals surface area contributed by atoms with Gasteiger partial charge in [-0.2, -0.15) is 0 Å². The van der Waals surface area contributed by atoms with Crippen LogP contribution in [0.4, 0.5) is 0 Å². The Balaban J connectivity index is 2.08. The lowest BCUT2D eigenvalue weighted by atomic mass is 9.98. The molecule has 33 heavy (non-hydrogen) atoms. The van der Waals surface area contributed by atoms with Crippen molar-refractivity contribution in [3.63, 3.8) is 0 Å². The zero-order valence-electron chi connectivity index (χ0n) is 19.1. The summed E-state index contributed by atoms with van der Waals surface area (Å²) in [4.78, 5) is 12.1. The third kappa shape index (κ3) is 5.46. The largest absolute Gasteiger partial charge is 0.465 e. The Morgan fingerprint density at radius 1 is 0.818 bits per heavy atom. The quantitative estimate of drug-likeness (QED) is 0.463. The third-order valence-corrected chi connectivity index (χ3v) is 8.41. The van der Waals surface area contributed by atoms with Crippen LogP contribution in [-0.4, -0.2) is 42.5 Å². The molecule has 180 valence electrons. The van der Waals surface area contributed by atoms with Gasteiger partial charge >= 0.3 is 5.97 Å². The van der Waals surface area contributed by atoms with Gasteiger partial charge in [0.25, 0.3) is 0 Å². The minimum atomic E-state index is -3.70. The molecule has 0 saturated heterocycles. The smallest absolute Gasteiger partial charge is 0.305 e. The van der Waals surface area contributed by atoms with Gasteiger partial charge in [-0.05, 0) is 59.4 Å². The van der Waals surface area contributed by atoms with Gasteiger partial charge in [-0.25, -0.2) is 26.3 Å². The maximum Gasteiger partial charge on any atom is 0.305 e. The van der Waals surface area contributed by atoms with Crippen molar-refractivity contribution in [2.24, 2.45) is 0 Å². The second kappa shape index (κ2) is 10.3. The van der Waals surface area contributed by atoms with Crippen molar-refractivity contribution in [3.8, 4) is 11.1 Å². The summed E-state index contributed by atoms with van der Waals surface area (Å²) in [6, 6.07) is 9.69. The molecule has 0 aliphatic heterocycles. The van der Waals surface area contributed by atoms with Crippen LogP contribution in [0.25, 0.3) is 11.1 Å². The van der Waals surface area contributed by atoms with Gasteiger partial charge < -0.3 is 4.74 Å². The fourth-order valence-electron chi connectivity index (χ4n) is 3.75. The number of esters is 1. The number of sulfonamides is 2. The first-order valence-electron chi connectivity index (χ1n) is 11.1. The van der Waals surface area contributed by atoms with Gasteiger partial charge in [0.05, 0.1) is 9.79 Å². The molecular formula is C23H30N2O6S2. The molecule has 1 aliphatic rings. The highest BCUT2D eigenvalue weighted by atomic mass is 32.2. The lowest BCUT2D eigenvalue weighted by molar-refractivity contribution is -0.143. The van der Waals surface area contributed by atoms with Crippen LogP contribution in [-0.2, 0) is 29.6 Å². The highest BCUT2D eigenvalue weighted by Gasteiger charge is 2.32. The number of benzene rings is 2. The van der Waals surface area contributed by atoms with Crippen LogP contribution in [0.5, 0.6) is 0 Å². The lowest BCUT2D eigenvalue weighted by Crippen LogP contribution is -2.24. The van der Waals surface area contributed by atoms with E-state index in [1.807, 2.05) is 13.8 Å². The number of carbonyl (C=O) groups is 1. The second-order valence-electron chi connectivity index (χ2n) is 7.88. The molecule has 10 heteroatoms. The molecule has 0 amide bonds. The number of ether oxygens (including phenoxy) is 1. The molecule has 0 atom stereocenters. The molecule has 0 saturated carbocycles. The molecule has 0 radical (unpaired) electrons. The van der Waals surface area contributed by atoms with Gasteiger partial charge in [-0.15, -0.1) is 0 Å². The molecule has 2 aromatic rings. The zero-order valence-corrected chi connectivity index (χ0v) is 20.7. The predicted molar refractivity (Wildman–Crippen MR) is 126 cm³/mol. The minimum absolute atomic E-state index is 0.00947. The van der Waals surface area contributed by atoms with Gasteiger partial charge in [0, 0.05) is 25.4 Å². The first-order chi connectivity index (χ1) is 15.6. The Bertz CT molecular complexity index is 1150. The number of hydrogen-bond acceptors (Lipinski definition) is 6. The Kier molecular flexibility index (Phi) is 7.94. The molecule has 0 unspecified atom stereocenters. The van der Waals surface area contributed by atoms with E-state index in [1.54, 1.807) is 31.2 Å². The Hall–Kier alpha value is -2.27. The summed E-state index contributed by atoms with van der Waals surface area (Å²) in [5.41, 5.74) is 2.96. The number of fused-ring (bicyclic) bond motifs is 3. The van der Waals surface area contributed by atoms with E-state index in [0.717, 1.165) is 11.1 Å². The molecular weight excluding hydrogens is 464 g/mol. The fourth-order valence-corrected chi connectivity index (χ4v) is 6.09. The fraction of sp³-hybridized carbons (Fsp3) is 0.435. The molecule has 8 nitrogen and oxygen atoms in total. The van der Waals surface area contributed by atoms with Crippen molar-refractivity contribution in [1.82, 2.24) is 9.44 Å². The van der Waals surface area contributed by atoms with E-state index in [9.17, 15) is 21.6 Å². The second-order valence-corrected chi connectivity index (χ2v) is 11.4. The molecule has 3 rings (SSSR count). The number of carbonyl (C=O) groups excluding carboxylic acids is 1. The summed E-state index contributed by atoms with van der Waals surface area (Å²) in [7, 11) is -7.39. The normalized spacial score (nSPS) is 13.5. The summed E-state index contributed by atoms with van der Waals surface area (Å²) in [6.07, 6.45) is 1.53. The number of hydrogen-bond donors (Lipinski definition) is 2. The zero-order chi connectivity index (χ0) is 24.2. The van der Waals surface area contributed by atoms with Crippen LogP contribution >= 0.6 is 0 Å². The van der Waals surface area contributed by atoms with Crippen molar-refractivity contribution in [2.75, 3.05) is 19.7 Å². The van der Waals surface area contributed by atoms with Crippen molar-refractivity contribution in [1.29, 1.82) is 0 Å². The van der Waals surface area contributed by atoms with E-state index in [1.165, 1.54) is 12.1 Å². The first kappa shape index (κ1) is 25.4. The van der Waals surface area contributed by atoms with E-state index >= 15 is 0 Å². The van der Waals surface area contributed by atoms with E-state index in [2.05, 4.69) is 9.44 Å². The summed E-state index contributed by atoms with van der Waals surface area (Å²) >= 11 is 0. The average Bonchev–Trinajstić information content (AvgIpc) is 3.12. The minimum Gasteiger partial charge on any atom is -0.465 e. The van der Waals surface area contributed by atoms with Crippen LogP contribution in [0.2, 0.25) is 0 Å². The van der Waals surface area contributed by atoms with Gasteiger partial charge in [0.2, 0.25) is 20.0 Å². The molecule has 1 aliphatic carbocycles.